The van der Waals surface area contributed by atoms with Crippen LogP contribution in [0.1, 0.15) is 0 Å². The summed E-state index contributed by atoms with van der Waals surface area (Å²) in [6, 6.07) is 1.86. The zero-order valence-electron chi connectivity index (χ0n) is 6.03. The summed E-state index contributed by atoms with van der Waals surface area (Å²) in [7, 11) is 1.57. The van der Waals surface area contributed by atoms with E-state index < -0.39 is 0 Å². The maximum atomic E-state index is 4.90. The highest BCUT2D eigenvalue weighted by Crippen LogP contribution is 2.10. The zero-order valence-corrected chi connectivity index (χ0v) is 6.03. The second kappa shape index (κ2) is 2.23. The third kappa shape index (κ3) is 0.920. The maximum absolute atomic E-state index is 4.90. The molecule has 0 aliphatic carbocycles. The van der Waals surface area contributed by atoms with E-state index in [1.807, 2.05) is 6.07 Å². The average Bonchev–Trinajstić information content (AvgIpc) is 2.50. The van der Waals surface area contributed by atoms with Gasteiger partial charge in [-0.25, -0.2) is 4.98 Å². The molecular formula is C7H7N3O. The van der Waals surface area contributed by atoms with E-state index in [-0.39, 0.29) is 0 Å². The Labute approximate surface area is 63.2 Å². The lowest BCUT2D eigenvalue weighted by atomic mass is 10.5. The van der Waals surface area contributed by atoms with Crippen LogP contribution in [0.4, 0.5) is 0 Å². The topological polar surface area (TPSA) is 50.8 Å². The largest absolute Gasteiger partial charge is 0.480 e. The van der Waals surface area contributed by atoms with Crippen molar-refractivity contribution in [2.45, 2.75) is 0 Å². The zero-order chi connectivity index (χ0) is 7.68. The third-order valence-corrected chi connectivity index (χ3v) is 1.45. The lowest BCUT2D eigenvalue weighted by molar-refractivity contribution is 0.397. The lowest BCUT2D eigenvalue weighted by Gasteiger charge is -1.95. The van der Waals surface area contributed by atoms with Gasteiger partial charge in [0, 0.05) is 6.20 Å². The van der Waals surface area contributed by atoms with E-state index in [4.69, 9.17) is 4.74 Å². The van der Waals surface area contributed by atoms with Gasteiger partial charge in [-0.1, -0.05) is 0 Å². The molecule has 2 rings (SSSR count). The molecule has 0 atom stereocenters. The Morgan fingerprint density at radius 1 is 1.55 bits per heavy atom. The van der Waals surface area contributed by atoms with Gasteiger partial charge in [0.2, 0.25) is 5.88 Å². The van der Waals surface area contributed by atoms with Crippen molar-refractivity contribution in [2.75, 3.05) is 7.11 Å². The second-order valence-corrected chi connectivity index (χ2v) is 2.12. The van der Waals surface area contributed by atoms with Gasteiger partial charge in [0.1, 0.15) is 5.52 Å². The highest BCUT2D eigenvalue weighted by atomic mass is 16.5. The van der Waals surface area contributed by atoms with Crippen LogP contribution in [0.25, 0.3) is 11.2 Å². The molecule has 0 bridgehead atoms. The summed E-state index contributed by atoms with van der Waals surface area (Å²) in [5, 5.41) is 0. The number of aromatic nitrogens is 3. The van der Waals surface area contributed by atoms with E-state index >= 15 is 0 Å². The molecular weight excluding hydrogens is 142 g/mol. The number of hydrogen-bond acceptors (Lipinski definition) is 3. The highest BCUT2D eigenvalue weighted by molar-refractivity contribution is 5.70. The second-order valence-electron chi connectivity index (χ2n) is 2.12. The third-order valence-electron chi connectivity index (χ3n) is 1.45. The van der Waals surface area contributed by atoms with Crippen LogP contribution >= 0.6 is 0 Å². The van der Waals surface area contributed by atoms with E-state index in [9.17, 15) is 0 Å². The van der Waals surface area contributed by atoms with Gasteiger partial charge in [0.05, 0.1) is 13.3 Å². The maximum Gasteiger partial charge on any atom is 0.234 e. The van der Waals surface area contributed by atoms with Crippen molar-refractivity contribution in [1.29, 1.82) is 0 Å². The van der Waals surface area contributed by atoms with Crippen molar-refractivity contribution in [3.63, 3.8) is 0 Å². The van der Waals surface area contributed by atoms with Crippen molar-refractivity contribution in [3.8, 4) is 5.88 Å². The number of aromatic amines is 1. The molecule has 0 fully saturated rings. The standard InChI is InChI=1S/C7H7N3O/c1-11-6-4-9-5-2-3-8-7(5)10-6/h2-4H,1H3,(H,8,10). The molecule has 0 aliphatic rings. The lowest BCUT2D eigenvalue weighted by Crippen LogP contribution is -1.88. The SMILES string of the molecule is COc1cnc2cc[nH]c2n1. The van der Waals surface area contributed by atoms with Gasteiger partial charge in [0.25, 0.3) is 0 Å². The Bertz CT molecular complexity index is 368. The summed E-state index contributed by atoms with van der Waals surface area (Å²) in [6.45, 7) is 0. The number of hydrogen-bond donors (Lipinski definition) is 1. The van der Waals surface area contributed by atoms with E-state index in [0.717, 1.165) is 11.2 Å². The van der Waals surface area contributed by atoms with Crippen LogP contribution in [0.5, 0.6) is 5.88 Å². The van der Waals surface area contributed by atoms with E-state index in [1.54, 1.807) is 19.5 Å². The first kappa shape index (κ1) is 6.15. The molecule has 1 N–H and O–H groups in total. The Balaban J connectivity index is 2.67. The van der Waals surface area contributed by atoms with Gasteiger partial charge in [-0.05, 0) is 6.07 Å². The minimum absolute atomic E-state index is 0.528. The molecule has 0 unspecified atom stereocenters. The fraction of sp³-hybridized carbons (Fsp3) is 0.143. The number of nitrogens with one attached hydrogen (secondary N) is 1. The molecule has 4 heteroatoms. The fourth-order valence-electron chi connectivity index (χ4n) is 0.908. The molecule has 0 amide bonds. The fourth-order valence-corrected chi connectivity index (χ4v) is 0.908. The number of nitrogens with zero attached hydrogens (tertiary/aromatic N) is 2. The Morgan fingerprint density at radius 2 is 2.45 bits per heavy atom. The number of methoxy groups -OCH3 is 1. The van der Waals surface area contributed by atoms with Gasteiger partial charge >= 0.3 is 0 Å². The summed E-state index contributed by atoms with van der Waals surface area (Å²) in [5.41, 5.74) is 1.61. The van der Waals surface area contributed by atoms with Crippen LogP contribution in [0.3, 0.4) is 0 Å². The van der Waals surface area contributed by atoms with Crippen LogP contribution in [-0.4, -0.2) is 22.1 Å². The van der Waals surface area contributed by atoms with Crippen molar-refractivity contribution < 1.29 is 4.74 Å². The first-order chi connectivity index (χ1) is 5.40. The Hall–Kier alpha value is -1.58. The summed E-state index contributed by atoms with van der Waals surface area (Å²) >= 11 is 0. The molecule has 0 radical (unpaired) electrons. The van der Waals surface area contributed by atoms with Gasteiger partial charge in [-0.3, -0.25) is 0 Å². The molecule has 0 spiro atoms. The molecule has 56 valence electrons. The monoisotopic (exact) mass is 149 g/mol. The van der Waals surface area contributed by atoms with E-state index in [1.165, 1.54) is 0 Å². The number of H-pyrrole nitrogens is 1. The highest BCUT2D eigenvalue weighted by Gasteiger charge is 1.97. The van der Waals surface area contributed by atoms with Gasteiger partial charge in [-0.15, -0.1) is 0 Å². The van der Waals surface area contributed by atoms with Gasteiger partial charge in [-0.2, -0.15) is 4.98 Å². The Kier molecular flexibility index (Phi) is 1.25. The molecule has 0 saturated heterocycles. The summed E-state index contributed by atoms with van der Waals surface area (Å²) in [5.74, 6) is 0.528. The first-order valence-corrected chi connectivity index (χ1v) is 3.24. The number of rotatable bonds is 1. The van der Waals surface area contributed by atoms with Crippen molar-refractivity contribution in [1.82, 2.24) is 15.0 Å². The van der Waals surface area contributed by atoms with Crippen molar-refractivity contribution in [2.24, 2.45) is 0 Å². The predicted octanol–water partition coefficient (Wildman–Crippen LogP) is 0.966. The number of fused-ring (bicyclic) bond motifs is 1. The molecule has 4 nitrogen and oxygen atoms in total. The van der Waals surface area contributed by atoms with Crippen molar-refractivity contribution in [3.05, 3.63) is 18.5 Å². The quantitative estimate of drug-likeness (QED) is 0.657. The van der Waals surface area contributed by atoms with Crippen LogP contribution in [0.2, 0.25) is 0 Å². The van der Waals surface area contributed by atoms with E-state index in [2.05, 4.69) is 15.0 Å². The summed E-state index contributed by atoms with van der Waals surface area (Å²) < 4.78 is 4.90. The van der Waals surface area contributed by atoms with Crippen LogP contribution in [0, 0.1) is 0 Å². The smallest absolute Gasteiger partial charge is 0.234 e. The number of ether oxygens (including phenoxy) is 1. The molecule has 11 heavy (non-hydrogen) atoms. The summed E-state index contributed by atoms with van der Waals surface area (Å²) in [6.07, 6.45) is 3.39. The van der Waals surface area contributed by atoms with E-state index in [0.29, 0.717) is 5.88 Å². The summed E-state index contributed by atoms with van der Waals surface area (Å²) in [4.78, 5) is 11.1. The van der Waals surface area contributed by atoms with Crippen LogP contribution in [0.15, 0.2) is 18.5 Å². The van der Waals surface area contributed by atoms with Gasteiger partial charge in [0.15, 0.2) is 5.65 Å². The predicted molar refractivity (Wildman–Crippen MR) is 40.4 cm³/mol. The average molecular weight is 149 g/mol. The minimum atomic E-state index is 0.528. The van der Waals surface area contributed by atoms with Crippen LogP contribution < -0.4 is 4.74 Å². The molecule has 0 aliphatic heterocycles. The molecule has 0 aromatic carbocycles. The molecule has 2 heterocycles. The molecule has 2 aromatic rings. The van der Waals surface area contributed by atoms with Crippen molar-refractivity contribution >= 4 is 11.2 Å². The minimum Gasteiger partial charge on any atom is -0.480 e. The molecule has 2 aromatic heterocycles. The van der Waals surface area contributed by atoms with Crippen LogP contribution in [-0.2, 0) is 0 Å². The molecule has 0 saturated carbocycles. The first-order valence-electron chi connectivity index (χ1n) is 3.24. The normalized spacial score (nSPS) is 10.3. The Morgan fingerprint density at radius 3 is 3.27 bits per heavy atom. The van der Waals surface area contributed by atoms with Gasteiger partial charge < -0.3 is 9.72 Å².